The molecular weight excluding hydrogens is 238 g/mol. The third-order valence-corrected chi connectivity index (χ3v) is 3.06. The SMILES string of the molecule is CCOC(=O)c1cccc2nc3ccccc3cc12. The number of rotatable bonds is 2. The molecule has 0 saturated heterocycles. The lowest BCUT2D eigenvalue weighted by Crippen LogP contribution is -2.05. The standard InChI is InChI=1S/C16H13NO2/c1-2-19-16(18)12-7-5-9-15-13(12)10-11-6-3-4-8-14(11)17-15/h3-10H,2H2,1H3. The Morgan fingerprint density at radius 1 is 1.11 bits per heavy atom. The summed E-state index contributed by atoms with van der Waals surface area (Å²) in [6.45, 7) is 2.17. The van der Waals surface area contributed by atoms with E-state index in [-0.39, 0.29) is 5.97 Å². The first-order chi connectivity index (χ1) is 9.29. The molecule has 19 heavy (non-hydrogen) atoms. The average molecular weight is 251 g/mol. The van der Waals surface area contributed by atoms with Crippen LogP contribution in [0.4, 0.5) is 0 Å². The van der Waals surface area contributed by atoms with E-state index in [1.54, 1.807) is 13.0 Å². The van der Waals surface area contributed by atoms with E-state index in [1.807, 2.05) is 42.5 Å². The second-order valence-electron chi connectivity index (χ2n) is 4.27. The first-order valence-corrected chi connectivity index (χ1v) is 6.25. The Morgan fingerprint density at radius 2 is 1.89 bits per heavy atom. The Hall–Kier alpha value is -2.42. The summed E-state index contributed by atoms with van der Waals surface area (Å²) in [6, 6.07) is 15.4. The van der Waals surface area contributed by atoms with Crippen molar-refractivity contribution in [2.75, 3.05) is 6.61 Å². The van der Waals surface area contributed by atoms with E-state index in [1.165, 1.54) is 0 Å². The predicted octanol–water partition coefficient (Wildman–Crippen LogP) is 3.56. The molecule has 0 bridgehead atoms. The maximum Gasteiger partial charge on any atom is 0.338 e. The lowest BCUT2D eigenvalue weighted by Gasteiger charge is -2.07. The van der Waals surface area contributed by atoms with Gasteiger partial charge < -0.3 is 4.74 Å². The van der Waals surface area contributed by atoms with Crippen molar-refractivity contribution in [3.8, 4) is 0 Å². The largest absolute Gasteiger partial charge is 0.462 e. The van der Waals surface area contributed by atoms with Gasteiger partial charge in [0.15, 0.2) is 0 Å². The molecule has 2 aromatic carbocycles. The van der Waals surface area contributed by atoms with Crippen LogP contribution in [-0.4, -0.2) is 17.6 Å². The van der Waals surface area contributed by atoms with Crippen molar-refractivity contribution >= 4 is 27.8 Å². The lowest BCUT2D eigenvalue weighted by molar-refractivity contribution is 0.0528. The highest BCUT2D eigenvalue weighted by Gasteiger charge is 2.11. The molecule has 0 fully saturated rings. The van der Waals surface area contributed by atoms with Crippen molar-refractivity contribution in [3.05, 3.63) is 54.1 Å². The molecule has 0 atom stereocenters. The smallest absolute Gasteiger partial charge is 0.338 e. The Morgan fingerprint density at radius 3 is 2.74 bits per heavy atom. The summed E-state index contributed by atoms with van der Waals surface area (Å²) < 4.78 is 5.08. The number of aromatic nitrogens is 1. The summed E-state index contributed by atoms with van der Waals surface area (Å²) in [5.41, 5.74) is 2.30. The number of pyridine rings is 1. The van der Waals surface area contributed by atoms with Crippen molar-refractivity contribution < 1.29 is 9.53 Å². The molecule has 3 rings (SSSR count). The van der Waals surface area contributed by atoms with Gasteiger partial charge in [0.2, 0.25) is 0 Å². The Balaban J connectivity index is 2.29. The summed E-state index contributed by atoms with van der Waals surface area (Å²) >= 11 is 0. The number of ether oxygens (including phenoxy) is 1. The molecule has 0 aliphatic heterocycles. The molecule has 0 aliphatic carbocycles. The number of esters is 1. The van der Waals surface area contributed by atoms with Crippen LogP contribution in [-0.2, 0) is 4.74 Å². The summed E-state index contributed by atoms with van der Waals surface area (Å²) in [4.78, 5) is 16.5. The highest BCUT2D eigenvalue weighted by Crippen LogP contribution is 2.23. The zero-order valence-corrected chi connectivity index (χ0v) is 10.6. The molecule has 1 aromatic heterocycles. The van der Waals surface area contributed by atoms with Crippen molar-refractivity contribution in [1.82, 2.24) is 4.98 Å². The Bertz CT molecular complexity index is 765. The van der Waals surface area contributed by atoms with Crippen LogP contribution in [0.25, 0.3) is 21.8 Å². The van der Waals surface area contributed by atoms with E-state index < -0.39 is 0 Å². The minimum Gasteiger partial charge on any atom is -0.462 e. The van der Waals surface area contributed by atoms with Gasteiger partial charge in [0.25, 0.3) is 0 Å². The van der Waals surface area contributed by atoms with Crippen LogP contribution < -0.4 is 0 Å². The normalized spacial score (nSPS) is 10.8. The fourth-order valence-corrected chi connectivity index (χ4v) is 2.19. The fourth-order valence-electron chi connectivity index (χ4n) is 2.19. The minimum absolute atomic E-state index is 0.301. The van der Waals surface area contributed by atoms with E-state index in [0.717, 1.165) is 21.8 Å². The number of para-hydroxylation sites is 1. The van der Waals surface area contributed by atoms with E-state index in [9.17, 15) is 4.79 Å². The zero-order valence-electron chi connectivity index (χ0n) is 10.6. The van der Waals surface area contributed by atoms with Gasteiger partial charge in [-0.1, -0.05) is 24.3 Å². The van der Waals surface area contributed by atoms with Crippen LogP contribution in [0.3, 0.4) is 0 Å². The monoisotopic (exact) mass is 251 g/mol. The second kappa shape index (κ2) is 4.69. The highest BCUT2D eigenvalue weighted by atomic mass is 16.5. The third-order valence-electron chi connectivity index (χ3n) is 3.06. The van der Waals surface area contributed by atoms with Crippen LogP contribution in [0, 0.1) is 0 Å². The topological polar surface area (TPSA) is 39.2 Å². The van der Waals surface area contributed by atoms with Gasteiger partial charge in [0.05, 0.1) is 23.2 Å². The number of fused-ring (bicyclic) bond motifs is 2. The molecule has 3 aromatic rings. The molecule has 0 amide bonds. The van der Waals surface area contributed by atoms with Crippen LogP contribution >= 0.6 is 0 Å². The van der Waals surface area contributed by atoms with Crippen molar-refractivity contribution in [1.29, 1.82) is 0 Å². The minimum atomic E-state index is -0.301. The van der Waals surface area contributed by atoms with Gasteiger partial charge in [-0.15, -0.1) is 0 Å². The molecule has 3 heteroatoms. The number of nitrogens with zero attached hydrogens (tertiary/aromatic N) is 1. The molecule has 0 N–H and O–H groups in total. The quantitative estimate of drug-likeness (QED) is 0.516. The average Bonchev–Trinajstić information content (AvgIpc) is 2.44. The molecule has 94 valence electrons. The molecule has 0 aliphatic rings. The van der Waals surface area contributed by atoms with Crippen LogP contribution in [0.5, 0.6) is 0 Å². The van der Waals surface area contributed by atoms with E-state index in [2.05, 4.69) is 4.98 Å². The van der Waals surface area contributed by atoms with E-state index >= 15 is 0 Å². The second-order valence-corrected chi connectivity index (χ2v) is 4.27. The van der Waals surface area contributed by atoms with Crippen molar-refractivity contribution in [2.45, 2.75) is 6.92 Å². The predicted molar refractivity (Wildman–Crippen MR) is 75.2 cm³/mol. The number of hydrogen-bond acceptors (Lipinski definition) is 3. The maximum absolute atomic E-state index is 11.9. The number of carbonyl (C=O) groups is 1. The number of hydrogen-bond donors (Lipinski definition) is 0. The van der Waals surface area contributed by atoms with Gasteiger partial charge in [0.1, 0.15) is 0 Å². The molecular formula is C16H13NO2. The Kier molecular flexibility index (Phi) is 2.88. The van der Waals surface area contributed by atoms with Gasteiger partial charge in [-0.2, -0.15) is 0 Å². The third kappa shape index (κ3) is 2.03. The van der Waals surface area contributed by atoms with E-state index in [0.29, 0.717) is 12.2 Å². The van der Waals surface area contributed by atoms with Crippen molar-refractivity contribution in [2.24, 2.45) is 0 Å². The summed E-state index contributed by atoms with van der Waals surface area (Å²) in [5.74, 6) is -0.301. The maximum atomic E-state index is 11.9. The molecule has 0 spiro atoms. The summed E-state index contributed by atoms with van der Waals surface area (Å²) in [5, 5.41) is 1.85. The first kappa shape index (κ1) is 11.7. The first-order valence-electron chi connectivity index (χ1n) is 6.25. The molecule has 0 saturated carbocycles. The van der Waals surface area contributed by atoms with Crippen molar-refractivity contribution in [3.63, 3.8) is 0 Å². The van der Waals surface area contributed by atoms with E-state index in [4.69, 9.17) is 4.74 Å². The van der Waals surface area contributed by atoms with Crippen LogP contribution in [0.15, 0.2) is 48.5 Å². The molecule has 1 heterocycles. The molecule has 0 radical (unpaired) electrons. The van der Waals surface area contributed by atoms with Gasteiger partial charge in [0, 0.05) is 10.8 Å². The van der Waals surface area contributed by atoms with Gasteiger partial charge in [-0.05, 0) is 31.2 Å². The Labute approximate surface area is 110 Å². The molecule has 3 nitrogen and oxygen atoms in total. The molecule has 0 unspecified atom stereocenters. The number of benzene rings is 2. The van der Waals surface area contributed by atoms with Gasteiger partial charge in [-0.25, -0.2) is 9.78 Å². The number of carbonyl (C=O) groups excluding carboxylic acids is 1. The van der Waals surface area contributed by atoms with Crippen LogP contribution in [0.1, 0.15) is 17.3 Å². The lowest BCUT2D eigenvalue weighted by atomic mass is 10.1. The zero-order chi connectivity index (χ0) is 13.2. The van der Waals surface area contributed by atoms with Gasteiger partial charge >= 0.3 is 5.97 Å². The highest BCUT2D eigenvalue weighted by molar-refractivity contribution is 6.06. The fraction of sp³-hybridized carbons (Fsp3) is 0.125. The van der Waals surface area contributed by atoms with Gasteiger partial charge in [-0.3, -0.25) is 0 Å². The van der Waals surface area contributed by atoms with Crippen LogP contribution in [0.2, 0.25) is 0 Å². The summed E-state index contributed by atoms with van der Waals surface area (Å²) in [7, 11) is 0. The summed E-state index contributed by atoms with van der Waals surface area (Å²) in [6.07, 6.45) is 0.